The highest BCUT2D eigenvalue weighted by Gasteiger charge is 2.15. The average Bonchev–Trinajstić information content (AvgIpc) is 2.60. The monoisotopic (exact) mass is 377 g/mol. The van der Waals surface area contributed by atoms with Crippen molar-refractivity contribution in [3.8, 4) is 5.75 Å². The predicted molar refractivity (Wildman–Crippen MR) is 105 cm³/mol. The van der Waals surface area contributed by atoms with E-state index in [0.717, 1.165) is 25.2 Å². The van der Waals surface area contributed by atoms with Crippen molar-refractivity contribution < 1.29 is 13.2 Å². The van der Waals surface area contributed by atoms with Crippen LogP contribution in [0.3, 0.4) is 0 Å². The van der Waals surface area contributed by atoms with Gasteiger partial charge in [-0.25, -0.2) is 13.4 Å². The first-order valence-corrected chi connectivity index (χ1v) is 10.3. The zero-order chi connectivity index (χ0) is 19.2. The Labute approximate surface area is 156 Å². The molecule has 0 radical (unpaired) electrons. The maximum atomic E-state index is 12.5. The van der Waals surface area contributed by atoms with Crippen LogP contribution in [0.1, 0.15) is 33.6 Å². The molecule has 1 aromatic carbocycles. The molecule has 1 aromatic heterocycles. The lowest BCUT2D eigenvalue weighted by molar-refractivity contribution is 0.242. The number of pyridine rings is 1. The van der Waals surface area contributed by atoms with Crippen molar-refractivity contribution in [1.29, 1.82) is 0 Å². The van der Waals surface area contributed by atoms with Crippen molar-refractivity contribution in [2.24, 2.45) is 0 Å². The minimum atomic E-state index is -3.66. The van der Waals surface area contributed by atoms with Crippen LogP contribution < -0.4 is 14.4 Å². The first kappa shape index (κ1) is 20.0. The van der Waals surface area contributed by atoms with Gasteiger partial charge in [0.1, 0.15) is 11.6 Å². The molecule has 1 heterocycles. The van der Waals surface area contributed by atoms with Crippen LogP contribution in [-0.2, 0) is 10.0 Å². The number of sulfonamides is 1. The Morgan fingerprint density at radius 2 is 1.85 bits per heavy atom. The molecule has 142 valence electrons. The van der Waals surface area contributed by atoms with E-state index in [-0.39, 0.29) is 11.0 Å². The van der Waals surface area contributed by atoms with Gasteiger partial charge in [-0.2, -0.15) is 0 Å². The summed E-state index contributed by atoms with van der Waals surface area (Å²) in [5, 5.41) is 0. The number of hydrogen-bond donors (Lipinski definition) is 1. The zero-order valence-corrected chi connectivity index (χ0v) is 16.6. The van der Waals surface area contributed by atoms with E-state index in [0.29, 0.717) is 11.4 Å². The van der Waals surface area contributed by atoms with Crippen LogP contribution in [0.15, 0.2) is 47.5 Å². The summed E-state index contributed by atoms with van der Waals surface area (Å²) >= 11 is 0. The maximum absolute atomic E-state index is 12.5. The molecule has 0 atom stereocenters. The zero-order valence-electron chi connectivity index (χ0n) is 15.8. The summed E-state index contributed by atoms with van der Waals surface area (Å²) in [5.74, 6) is 1.46. The summed E-state index contributed by atoms with van der Waals surface area (Å²) in [7, 11) is -1.69. The second-order valence-electron chi connectivity index (χ2n) is 6.42. The van der Waals surface area contributed by atoms with Gasteiger partial charge in [-0.3, -0.25) is 4.72 Å². The molecular formula is C19H27N3O3S. The lowest BCUT2D eigenvalue weighted by Gasteiger charge is -2.18. The van der Waals surface area contributed by atoms with Crippen molar-refractivity contribution >= 4 is 21.5 Å². The van der Waals surface area contributed by atoms with Gasteiger partial charge in [0.05, 0.1) is 22.9 Å². The van der Waals surface area contributed by atoms with Crippen LogP contribution in [0, 0.1) is 0 Å². The molecule has 0 saturated carbocycles. The fraction of sp³-hybridized carbons (Fsp3) is 0.421. The molecule has 0 saturated heterocycles. The molecule has 0 aliphatic rings. The fourth-order valence-corrected chi connectivity index (χ4v) is 3.41. The van der Waals surface area contributed by atoms with Gasteiger partial charge in [0.2, 0.25) is 0 Å². The van der Waals surface area contributed by atoms with Gasteiger partial charge >= 0.3 is 0 Å². The van der Waals surface area contributed by atoms with E-state index >= 15 is 0 Å². The van der Waals surface area contributed by atoms with Crippen LogP contribution in [0.4, 0.5) is 11.5 Å². The third-order valence-corrected chi connectivity index (χ3v) is 5.14. The Balaban J connectivity index is 2.06. The summed E-state index contributed by atoms with van der Waals surface area (Å²) in [5.41, 5.74) is 0.431. The van der Waals surface area contributed by atoms with Crippen molar-refractivity contribution in [1.82, 2.24) is 4.98 Å². The Morgan fingerprint density at radius 1 is 1.15 bits per heavy atom. The van der Waals surface area contributed by atoms with Crippen molar-refractivity contribution in [3.63, 3.8) is 0 Å². The Bertz CT molecular complexity index is 788. The summed E-state index contributed by atoms with van der Waals surface area (Å²) in [6.45, 7) is 6.89. The van der Waals surface area contributed by atoms with E-state index < -0.39 is 10.0 Å². The van der Waals surface area contributed by atoms with Crippen LogP contribution in [0.25, 0.3) is 0 Å². The number of hydrogen-bond acceptors (Lipinski definition) is 5. The van der Waals surface area contributed by atoms with Gasteiger partial charge < -0.3 is 9.64 Å². The van der Waals surface area contributed by atoms with Gasteiger partial charge in [0.25, 0.3) is 10.0 Å². The Hall–Kier alpha value is -2.28. The van der Waals surface area contributed by atoms with Crippen molar-refractivity contribution in [2.45, 2.75) is 44.6 Å². The molecule has 0 bridgehead atoms. The van der Waals surface area contributed by atoms with Gasteiger partial charge in [0, 0.05) is 13.6 Å². The molecule has 0 spiro atoms. The second-order valence-corrected chi connectivity index (χ2v) is 8.11. The van der Waals surface area contributed by atoms with Crippen molar-refractivity contribution in [2.75, 3.05) is 23.2 Å². The molecule has 6 nitrogen and oxygen atoms in total. The topological polar surface area (TPSA) is 71.5 Å². The molecule has 2 aromatic rings. The van der Waals surface area contributed by atoms with E-state index in [1.54, 1.807) is 18.2 Å². The SMILES string of the molecule is CCCCN(C)c1ccc(NS(=O)(=O)c2ccc(OC(C)C)cc2)cn1. The number of anilines is 2. The summed E-state index contributed by atoms with van der Waals surface area (Å²) in [4.78, 5) is 6.56. The van der Waals surface area contributed by atoms with Crippen LogP contribution in [0.5, 0.6) is 5.75 Å². The summed E-state index contributed by atoms with van der Waals surface area (Å²) in [6, 6.07) is 9.89. The van der Waals surface area contributed by atoms with Crippen LogP contribution >= 0.6 is 0 Å². The predicted octanol–water partition coefficient (Wildman–Crippen LogP) is 3.91. The molecule has 26 heavy (non-hydrogen) atoms. The normalized spacial score (nSPS) is 11.4. The lowest BCUT2D eigenvalue weighted by atomic mass is 10.3. The molecule has 0 aliphatic carbocycles. The maximum Gasteiger partial charge on any atom is 0.261 e. The van der Waals surface area contributed by atoms with E-state index in [4.69, 9.17) is 4.74 Å². The quantitative estimate of drug-likeness (QED) is 0.717. The Kier molecular flexibility index (Phi) is 6.85. The van der Waals surface area contributed by atoms with E-state index in [1.807, 2.05) is 27.0 Å². The summed E-state index contributed by atoms with van der Waals surface area (Å²) < 4.78 is 33.1. The Morgan fingerprint density at radius 3 is 2.38 bits per heavy atom. The van der Waals surface area contributed by atoms with Gasteiger partial charge in [-0.05, 0) is 56.7 Å². The summed E-state index contributed by atoms with van der Waals surface area (Å²) in [6.07, 6.45) is 3.77. The molecule has 7 heteroatoms. The second kappa shape index (κ2) is 8.89. The highest BCUT2D eigenvalue weighted by Crippen LogP contribution is 2.21. The fourth-order valence-electron chi connectivity index (χ4n) is 2.37. The number of aromatic nitrogens is 1. The molecule has 0 unspecified atom stereocenters. The molecule has 2 rings (SSSR count). The largest absolute Gasteiger partial charge is 0.491 e. The first-order chi connectivity index (χ1) is 12.3. The highest BCUT2D eigenvalue weighted by atomic mass is 32.2. The molecule has 0 amide bonds. The number of nitrogens with zero attached hydrogens (tertiary/aromatic N) is 2. The molecule has 0 aliphatic heterocycles. The van der Waals surface area contributed by atoms with Crippen LogP contribution in [0.2, 0.25) is 0 Å². The van der Waals surface area contributed by atoms with Crippen molar-refractivity contribution in [3.05, 3.63) is 42.6 Å². The lowest BCUT2D eigenvalue weighted by Crippen LogP contribution is -2.19. The minimum absolute atomic E-state index is 0.0376. The smallest absolute Gasteiger partial charge is 0.261 e. The number of ether oxygens (including phenoxy) is 1. The van der Waals surface area contributed by atoms with E-state index in [2.05, 4.69) is 21.5 Å². The third-order valence-electron chi connectivity index (χ3n) is 3.74. The number of nitrogens with one attached hydrogen (secondary N) is 1. The first-order valence-electron chi connectivity index (χ1n) is 8.78. The van der Waals surface area contributed by atoms with Gasteiger partial charge in [-0.1, -0.05) is 13.3 Å². The molecule has 1 N–H and O–H groups in total. The van der Waals surface area contributed by atoms with E-state index in [9.17, 15) is 8.42 Å². The average molecular weight is 378 g/mol. The number of benzene rings is 1. The standard InChI is InChI=1S/C19H27N3O3S/c1-5-6-13-22(4)19-12-7-16(14-20-19)21-26(23,24)18-10-8-17(9-11-18)25-15(2)3/h7-12,14-15,21H,5-6,13H2,1-4H3. The van der Waals surface area contributed by atoms with Gasteiger partial charge in [-0.15, -0.1) is 0 Å². The van der Waals surface area contributed by atoms with Gasteiger partial charge in [0.15, 0.2) is 0 Å². The van der Waals surface area contributed by atoms with E-state index in [1.165, 1.54) is 18.3 Å². The third kappa shape index (κ3) is 5.62. The molecule has 0 fully saturated rings. The molecular weight excluding hydrogens is 350 g/mol. The number of rotatable bonds is 9. The minimum Gasteiger partial charge on any atom is -0.491 e. The van der Waals surface area contributed by atoms with Crippen LogP contribution in [-0.4, -0.2) is 33.1 Å². The number of unbranched alkanes of at least 4 members (excludes halogenated alkanes) is 1. The highest BCUT2D eigenvalue weighted by molar-refractivity contribution is 7.92.